The van der Waals surface area contributed by atoms with E-state index in [0.29, 0.717) is 0 Å². The number of anilines is 1. The Bertz CT molecular complexity index is 713. The molecule has 22 heavy (non-hydrogen) atoms. The Balaban J connectivity index is 3.01. The van der Waals surface area contributed by atoms with Crippen LogP contribution in [0.4, 0.5) is 5.69 Å². The highest BCUT2D eigenvalue weighted by Gasteiger charge is 2.19. The maximum absolute atomic E-state index is 11.7. The number of hydrogen-bond donors (Lipinski definition) is 2. The molecule has 1 aromatic carbocycles. The molecule has 0 aliphatic heterocycles. The maximum atomic E-state index is 11.7. The van der Waals surface area contributed by atoms with Crippen molar-refractivity contribution < 1.29 is 27.9 Å². The molecule has 0 fully saturated rings. The number of nitrogens with one attached hydrogen (secondary N) is 1. The fraction of sp³-hybridized carbons (Fsp3) is 0.231. The molecule has 120 valence electrons. The van der Waals surface area contributed by atoms with Gasteiger partial charge < -0.3 is 15.2 Å². The van der Waals surface area contributed by atoms with Gasteiger partial charge in [0.05, 0.1) is 23.6 Å². The van der Waals surface area contributed by atoms with Gasteiger partial charge in [-0.05, 0) is 6.07 Å². The van der Waals surface area contributed by atoms with Gasteiger partial charge in [0.25, 0.3) is 0 Å². The minimum Gasteiger partial charge on any atom is -0.496 e. The fourth-order valence-corrected chi connectivity index (χ4v) is 2.77. The molecule has 1 rings (SSSR count). The summed E-state index contributed by atoms with van der Waals surface area (Å²) in [6, 6.07) is 2.32. The van der Waals surface area contributed by atoms with Crippen LogP contribution in [0.5, 0.6) is 5.75 Å². The smallest absolute Gasteiger partial charge is 0.339 e. The van der Waals surface area contributed by atoms with E-state index >= 15 is 0 Å². The molecule has 7 nitrogen and oxygen atoms in total. The number of aromatic carboxylic acids is 1. The summed E-state index contributed by atoms with van der Waals surface area (Å²) in [5, 5.41) is 11.3. The first-order valence-electron chi connectivity index (χ1n) is 5.92. The highest BCUT2D eigenvalue weighted by atomic mass is 35.5. The molecule has 0 bridgehead atoms. The lowest BCUT2D eigenvalue weighted by molar-refractivity contribution is -0.113. The average Bonchev–Trinajstić information content (AvgIpc) is 2.39. The number of hydrogen-bond acceptors (Lipinski definition) is 5. The molecule has 0 spiro atoms. The van der Waals surface area contributed by atoms with Crippen LogP contribution in [-0.2, 0) is 14.6 Å². The van der Waals surface area contributed by atoms with Crippen LogP contribution >= 0.6 is 11.6 Å². The summed E-state index contributed by atoms with van der Waals surface area (Å²) in [4.78, 5) is 22.7. The number of methoxy groups -OCH3 is 1. The third-order valence-electron chi connectivity index (χ3n) is 2.52. The Morgan fingerprint density at radius 1 is 1.45 bits per heavy atom. The van der Waals surface area contributed by atoms with Crippen molar-refractivity contribution in [1.29, 1.82) is 0 Å². The number of carboxylic acids is 1. The Morgan fingerprint density at radius 2 is 2.09 bits per heavy atom. The zero-order chi connectivity index (χ0) is 16.9. The zero-order valence-electron chi connectivity index (χ0n) is 11.6. The van der Waals surface area contributed by atoms with Gasteiger partial charge in [-0.15, -0.1) is 6.58 Å². The quantitative estimate of drug-likeness (QED) is 0.725. The molecule has 0 saturated carbocycles. The van der Waals surface area contributed by atoms with Crippen molar-refractivity contribution in [2.24, 2.45) is 0 Å². The van der Waals surface area contributed by atoms with E-state index in [1.807, 2.05) is 0 Å². The van der Waals surface area contributed by atoms with E-state index in [4.69, 9.17) is 21.4 Å². The van der Waals surface area contributed by atoms with Crippen LogP contribution in [0, 0.1) is 0 Å². The Hall–Kier alpha value is -2.06. The molecular formula is C13H14ClNO6S. The molecule has 0 atom stereocenters. The lowest BCUT2D eigenvalue weighted by Crippen LogP contribution is -2.24. The van der Waals surface area contributed by atoms with E-state index in [2.05, 4.69) is 11.9 Å². The van der Waals surface area contributed by atoms with Gasteiger partial charge in [-0.3, -0.25) is 4.79 Å². The molecule has 0 saturated heterocycles. The minimum atomic E-state index is -3.60. The molecule has 2 N–H and O–H groups in total. The zero-order valence-corrected chi connectivity index (χ0v) is 13.2. The molecule has 1 aromatic rings. The molecule has 0 aromatic heterocycles. The van der Waals surface area contributed by atoms with Crippen molar-refractivity contribution in [2.45, 2.75) is 0 Å². The third-order valence-corrected chi connectivity index (χ3v) is 4.27. The Labute approximate surface area is 132 Å². The number of amides is 1. The van der Waals surface area contributed by atoms with Crippen LogP contribution in [0.1, 0.15) is 10.4 Å². The summed E-state index contributed by atoms with van der Waals surface area (Å²) in [5.41, 5.74) is -0.118. The molecule has 0 unspecified atom stereocenters. The van der Waals surface area contributed by atoms with Crippen molar-refractivity contribution in [3.8, 4) is 5.75 Å². The third kappa shape index (κ3) is 4.74. The van der Waals surface area contributed by atoms with E-state index in [0.717, 1.165) is 6.07 Å². The number of carbonyl (C=O) groups excluding carboxylic acids is 1. The normalized spacial score (nSPS) is 10.8. The summed E-state index contributed by atoms with van der Waals surface area (Å²) >= 11 is 5.88. The second kappa shape index (κ2) is 7.28. The van der Waals surface area contributed by atoms with Gasteiger partial charge in [0.2, 0.25) is 5.91 Å². The summed E-state index contributed by atoms with van der Waals surface area (Å²) < 4.78 is 27.9. The van der Waals surface area contributed by atoms with Crippen molar-refractivity contribution >= 4 is 39.0 Å². The molecule has 0 radical (unpaired) electrons. The lowest BCUT2D eigenvalue weighted by atomic mass is 10.2. The molecule has 0 aliphatic carbocycles. The first-order valence-corrected chi connectivity index (χ1v) is 8.12. The number of halogens is 1. The summed E-state index contributed by atoms with van der Waals surface area (Å²) in [6.07, 6.45) is 1.18. The molecule has 1 amide bonds. The van der Waals surface area contributed by atoms with E-state index in [1.54, 1.807) is 0 Å². The first kappa shape index (κ1) is 18.0. The number of benzene rings is 1. The van der Waals surface area contributed by atoms with E-state index in [9.17, 15) is 18.0 Å². The predicted octanol–water partition coefficient (Wildman–Crippen LogP) is 1.59. The molecule has 0 aliphatic rings. The van der Waals surface area contributed by atoms with Gasteiger partial charge in [0, 0.05) is 6.07 Å². The first-order chi connectivity index (χ1) is 10.2. The number of sulfone groups is 1. The fourth-order valence-electron chi connectivity index (χ4n) is 1.61. The Morgan fingerprint density at radius 3 is 2.59 bits per heavy atom. The number of ether oxygens (including phenoxy) is 1. The SMILES string of the molecule is C=CCS(=O)(=O)CC(=O)Nc1cc(OC)c(C(=O)O)cc1Cl. The maximum Gasteiger partial charge on any atom is 0.339 e. The molecule has 9 heteroatoms. The van der Waals surface area contributed by atoms with Crippen molar-refractivity contribution in [3.63, 3.8) is 0 Å². The van der Waals surface area contributed by atoms with Crippen LogP contribution in [0.25, 0.3) is 0 Å². The van der Waals surface area contributed by atoms with Crippen LogP contribution in [-0.4, -0.2) is 44.0 Å². The lowest BCUT2D eigenvalue weighted by Gasteiger charge is -2.11. The van der Waals surface area contributed by atoms with Crippen molar-refractivity contribution in [2.75, 3.05) is 23.9 Å². The van der Waals surface area contributed by atoms with E-state index < -0.39 is 27.5 Å². The van der Waals surface area contributed by atoms with Crippen LogP contribution in [0.15, 0.2) is 24.8 Å². The second-order valence-corrected chi connectivity index (χ2v) is 6.75. The highest BCUT2D eigenvalue weighted by molar-refractivity contribution is 7.92. The number of carboxylic acid groups (broad SMARTS) is 1. The molecule has 0 heterocycles. The van der Waals surface area contributed by atoms with E-state index in [-0.39, 0.29) is 27.8 Å². The summed E-state index contributed by atoms with van der Waals surface area (Å²) in [7, 11) is -2.34. The average molecular weight is 348 g/mol. The summed E-state index contributed by atoms with van der Waals surface area (Å²) in [5.74, 6) is -3.12. The second-order valence-electron chi connectivity index (χ2n) is 4.23. The predicted molar refractivity (Wildman–Crippen MR) is 82.4 cm³/mol. The minimum absolute atomic E-state index is 0.0128. The number of rotatable bonds is 7. The van der Waals surface area contributed by atoms with Crippen molar-refractivity contribution in [3.05, 3.63) is 35.4 Å². The van der Waals surface area contributed by atoms with Gasteiger partial charge in [0.15, 0.2) is 9.84 Å². The van der Waals surface area contributed by atoms with Crippen LogP contribution in [0.3, 0.4) is 0 Å². The van der Waals surface area contributed by atoms with Gasteiger partial charge in [-0.2, -0.15) is 0 Å². The molecular weight excluding hydrogens is 334 g/mol. The van der Waals surface area contributed by atoms with Crippen LogP contribution < -0.4 is 10.1 Å². The highest BCUT2D eigenvalue weighted by Crippen LogP contribution is 2.31. The van der Waals surface area contributed by atoms with Gasteiger partial charge in [-0.25, -0.2) is 13.2 Å². The van der Waals surface area contributed by atoms with E-state index in [1.165, 1.54) is 19.3 Å². The van der Waals surface area contributed by atoms with Gasteiger partial charge in [-0.1, -0.05) is 17.7 Å². The topological polar surface area (TPSA) is 110 Å². The monoisotopic (exact) mass is 347 g/mol. The largest absolute Gasteiger partial charge is 0.496 e. The van der Waals surface area contributed by atoms with Gasteiger partial charge >= 0.3 is 5.97 Å². The number of carbonyl (C=O) groups is 2. The van der Waals surface area contributed by atoms with Crippen molar-refractivity contribution in [1.82, 2.24) is 0 Å². The standard InChI is InChI=1S/C13H14ClNO6S/c1-3-4-22(19,20)7-12(16)15-10-6-11(21-2)8(13(17)18)5-9(10)14/h3,5-6H,1,4,7H2,2H3,(H,15,16)(H,17,18). The van der Waals surface area contributed by atoms with Gasteiger partial charge in [0.1, 0.15) is 17.1 Å². The van der Waals surface area contributed by atoms with Crippen LogP contribution in [0.2, 0.25) is 5.02 Å². The Kier molecular flexibility index (Phi) is 5.95. The summed E-state index contributed by atoms with van der Waals surface area (Å²) in [6.45, 7) is 3.30.